The predicted molar refractivity (Wildman–Crippen MR) is 73.5 cm³/mol. The zero-order chi connectivity index (χ0) is 13.1. The van der Waals surface area contributed by atoms with E-state index in [9.17, 15) is 0 Å². The van der Waals surface area contributed by atoms with Crippen LogP contribution in [-0.4, -0.2) is 28.5 Å². The van der Waals surface area contributed by atoms with E-state index < -0.39 is 0 Å². The van der Waals surface area contributed by atoms with Gasteiger partial charge in [0.1, 0.15) is 15.8 Å². The third-order valence-corrected chi connectivity index (χ3v) is 3.64. The second kappa shape index (κ2) is 5.61. The number of hydrogen-bond donors (Lipinski definition) is 0. The molecule has 94 valence electrons. The summed E-state index contributed by atoms with van der Waals surface area (Å²) in [5.74, 6) is 0.693. The van der Waals surface area contributed by atoms with Crippen LogP contribution in [0, 0.1) is 17.2 Å². The highest BCUT2D eigenvalue weighted by Crippen LogP contribution is 2.24. The highest BCUT2D eigenvalue weighted by Gasteiger charge is 2.11. The molecule has 2 aromatic rings. The van der Waals surface area contributed by atoms with Crippen LogP contribution in [0.4, 0.5) is 0 Å². The fourth-order valence-corrected chi connectivity index (χ4v) is 2.83. The molecule has 0 aromatic carbocycles. The van der Waals surface area contributed by atoms with E-state index in [0.29, 0.717) is 24.1 Å². The van der Waals surface area contributed by atoms with Crippen LogP contribution in [0.15, 0.2) is 11.4 Å². The van der Waals surface area contributed by atoms with E-state index >= 15 is 0 Å². The van der Waals surface area contributed by atoms with Crippen molar-refractivity contribution in [3.05, 3.63) is 22.4 Å². The first kappa shape index (κ1) is 13.2. The molecule has 18 heavy (non-hydrogen) atoms. The number of halogens is 1. The molecular formula is C12H13ClN4S. The van der Waals surface area contributed by atoms with Crippen LogP contribution in [0.1, 0.15) is 12.7 Å². The van der Waals surface area contributed by atoms with Gasteiger partial charge in [-0.3, -0.25) is 4.90 Å². The number of aromatic nitrogens is 2. The van der Waals surface area contributed by atoms with Crippen molar-refractivity contribution in [2.45, 2.75) is 13.5 Å². The minimum absolute atomic E-state index is 0.00376. The van der Waals surface area contributed by atoms with Crippen molar-refractivity contribution >= 4 is 33.2 Å². The number of fused-ring (bicyclic) bond motifs is 1. The van der Waals surface area contributed by atoms with Gasteiger partial charge in [0.2, 0.25) is 0 Å². The quantitative estimate of drug-likeness (QED) is 0.808. The number of hydrogen-bond acceptors (Lipinski definition) is 5. The van der Waals surface area contributed by atoms with Crippen LogP contribution in [-0.2, 0) is 6.54 Å². The van der Waals surface area contributed by atoms with E-state index in [2.05, 4.69) is 16.0 Å². The van der Waals surface area contributed by atoms with Crippen molar-refractivity contribution in [1.29, 1.82) is 5.26 Å². The van der Waals surface area contributed by atoms with E-state index in [1.165, 1.54) is 0 Å². The number of rotatable bonds is 4. The summed E-state index contributed by atoms with van der Waals surface area (Å²) in [5, 5.41) is 12.1. The minimum atomic E-state index is -0.00376. The molecule has 1 unspecified atom stereocenters. The van der Waals surface area contributed by atoms with Crippen molar-refractivity contribution in [1.82, 2.24) is 14.9 Å². The van der Waals surface area contributed by atoms with Gasteiger partial charge < -0.3 is 0 Å². The Morgan fingerprint density at radius 1 is 1.56 bits per heavy atom. The topological polar surface area (TPSA) is 52.8 Å². The minimum Gasteiger partial charge on any atom is -0.298 e. The molecule has 0 saturated heterocycles. The van der Waals surface area contributed by atoms with Crippen LogP contribution in [0.2, 0.25) is 5.15 Å². The Bertz CT molecular complexity index is 589. The molecule has 0 aliphatic rings. The van der Waals surface area contributed by atoms with Crippen LogP contribution >= 0.6 is 22.9 Å². The van der Waals surface area contributed by atoms with Crippen molar-refractivity contribution in [3.8, 4) is 6.07 Å². The molecule has 1 atom stereocenters. The van der Waals surface area contributed by atoms with Gasteiger partial charge in [0.05, 0.1) is 18.5 Å². The Kier molecular flexibility index (Phi) is 4.12. The lowest BCUT2D eigenvalue weighted by molar-refractivity contribution is 0.296. The first-order valence-electron chi connectivity index (χ1n) is 5.58. The Balaban J connectivity index is 2.14. The largest absolute Gasteiger partial charge is 0.298 e. The summed E-state index contributed by atoms with van der Waals surface area (Å²) < 4.78 is 0. The molecule has 0 aliphatic carbocycles. The van der Waals surface area contributed by atoms with Gasteiger partial charge in [-0.05, 0) is 25.4 Å². The fourth-order valence-electron chi connectivity index (χ4n) is 1.75. The maximum Gasteiger partial charge on any atom is 0.145 e. The average Bonchev–Trinajstić information content (AvgIpc) is 2.77. The molecule has 2 heterocycles. The molecule has 0 radical (unpaired) electrons. The first-order valence-corrected chi connectivity index (χ1v) is 6.83. The summed E-state index contributed by atoms with van der Waals surface area (Å²) in [5.41, 5.74) is 0. The monoisotopic (exact) mass is 280 g/mol. The van der Waals surface area contributed by atoms with Gasteiger partial charge in [0, 0.05) is 11.9 Å². The standard InChI is InChI=1S/C12H13ClN4S/c1-8(5-14)6-17(2)7-10-15-11(13)9-3-4-18-12(9)16-10/h3-4,8H,6-7H2,1-2H3. The highest BCUT2D eigenvalue weighted by atomic mass is 35.5. The molecule has 0 amide bonds. The summed E-state index contributed by atoms with van der Waals surface area (Å²) in [6, 6.07) is 4.14. The van der Waals surface area contributed by atoms with Crippen LogP contribution in [0.3, 0.4) is 0 Å². The third kappa shape index (κ3) is 2.96. The number of thiophene rings is 1. The van der Waals surface area contributed by atoms with Crippen molar-refractivity contribution in [2.75, 3.05) is 13.6 Å². The highest BCUT2D eigenvalue weighted by molar-refractivity contribution is 7.16. The Morgan fingerprint density at radius 2 is 2.33 bits per heavy atom. The summed E-state index contributed by atoms with van der Waals surface area (Å²) in [7, 11) is 1.95. The van der Waals surface area contributed by atoms with Gasteiger partial charge in [0.25, 0.3) is 0 Å². The maximum absolute atomic E-state index is 8.78. The molecule has 0 bridgehead atoms. The molecule has 0 aliphatic heterocycles. The second-order valence-electron chi connectivity index (χ2n) is 4.30. The van der Waals surface area contributed by atoms with E-state index in [4.69, 9.17) is 16.9 Å². The van der Waals surface area contributed by atoms with E-state index in [1.807, 2.05) is 30.3 Å². The zero-order valence-electron chi connectivity index (χ0n) is 10.2. The first-order chi connectivity index (χ1) is 8.60. The lowest BCUT2D eigenvalue weighted by atomic mass is 10.2. The van der Waals surface area contributed by atoms with E-state index in [1.54, 1.807) is 11.3 Å². The van der Waals surface area contributed by atoms with Crippen LogP contribution in [0.25, 0.3) is 10.2 Å². The lowest BCUT2D eigenvalue weighted by Crippen LogP contribution is -2.24. The van der Waals surface area contributed by atoms with Gasteiger partial charge in [-0.25, -0.2) is 9.97 Å². The summed E-state index contributed by atoms with van der Waals surface area (Å²) in [6.45, 7) is 3.19. The Labute approximate surface area is 115 Å². The molecule has 2 aromatic heterocycles. The molecule has 4 nitrogen and oxygen atoms in total. The smallest absolute Gasteiger partial charge is 0.145 e. The van der Waals surface area contributed by atoms with Crippen molar-refractivity contribution in [2.24, 2.45) is 5.92 Å². The molecule has 0 saturated carbocycles. The van der Waals surface area contributed by atoms with Gasteiger partial charge in [0.15, 0.2) is 0 Å². The molecule has 0 fully saturated rings. The number of nitrogens with zero attached hydrogens (tertiary/aromatic N) is 4. The predicted octanol–water partition coefficient (Wildman–Crippen LogP) is 2.94. The van der Waals surface area contributed by atoms with Crippen molar-refractivity contribution in [3.63, 3.8) is 0 Å². The van der Waals surface area contributed by atoms with Crippen molar-refractivity contribution < 1.29 is 0 Å². The van der Waals surface area contributed by atoms with Gasteiger partial charge >= 0.3 is 0 Å². The second-order valence-corrected chi connectivity index (χ2v) is 5.55. The Morgan fingerprint density at radius 3 is 3.06 bits per heavy atom. The SMILES string of the molecule is CC(C#N)CN(C)Cc1nc(Cl)c2ccsc2n1. The van der Waals surface area contributed by atoms with Gasteiger partial charge in [-0.15, -0.1) is 11.3 Å². The summed E-state index contributed by atoms with van der Waals surface area (Å²) >= 11 is 7.66. The summed E-state index contributed by atoms with van der Waals surface area (Å²) in [6.07, 6.45) is 0. The third-order valence-electron chi connectivity index (χ3n) is 2.54. The fraction of sp³-hybridized carbons (Fsp3) is 0.417. The van der Waals surface area contributed by atoms with Crippen LogP contribution in [0.5, 0.6) is 0 Å². The molecule has 2 rings (SSSR count). The molecular weight excluding hydrogens is 268 g/mol. The normalized spacial score (nSPS) is 12.8. The lowest BCUT2D eigenvalue weighted by Gasteiger charge is -2.16. The molecule has 6 heteroatoms. The Hall–Kier alpha value is -1.22. The van der Waals surface area contributed by atoms with E-state index in [0.717, 1.165) is 10.2 Å². The average molecular weight is 281 g/mol. The van der Waals surface area contributed by atoms with E-state index in [-0.39, 0.29) is 5.92 Å². The van der Waals surface area contributed by atoms with Gasteiger partial charge in [-0.2, -0.15) is 5.26 Å². The van der Waals surface area contributed by atoms with Crippen LogP contribution < -0.4 is 0 Å². The van der Waals surface area contributed by atoms with Gasteiger partial charge in [-0.1, -0.05) is 11.6 Å². The molecule has 0 N–H and O–H groups in total. The zero-order valence-corrected chi connectivity index (χ0v) is 11.8. The summed E-state index contributed by atoms with van der Waals surface area (Å²) in [4.78, 5) is 11.7. The number of nitriles is 1. The molecule has 0 spiro atoms. The maximum atomic E-state index is 8.78.